The molecular formula is C24H22ClN3O5S. The Balaban J connectivity index is 1.60. The third-order valence-electron chi connectivity index (χ3n) is 4.70. The standard InChI is InChI=1S/C24H22ClN3O5S/c1-17-21(25)9-6-10-22(17)28(34(2,31)32)16-23(29)27-26-15-18-11-13-20(14-12-18)33-24(30)19-7-4-3-5-8-19/h3-15H,16H2,1-2H3,(H,27,29)/b26-15-. The van der Waals surface area contributed by atoms with Gasteiger partial charge in [0.05, 0.1) is 23.7 Å². The second kappa shape index (κ2) is 11.0. The van der Waals surface area contributed by atoms with Crippen LogP contribution in [0, 0.1) is 6.92 Å². The van der Waals surface area contributed by atoms with Crippen LogP contribution < -0.4 is 14.5 Å². The van der Waals surface area contributed by atoms with Crippen molar-refractivity contribution in [2.45, 2.75) is 6.92 Å². The summed E-state index contributed by atoms with van der Waals surface area (Å²) in [7, 11) is -3.74. The lowest BCUT2D eigenvalue weighted by Crippen LogP contribution is -2.39. The molecule has 3 rings (SSSR count). The van der Waals surface area contributed by atoms with Crippen molar-refractivity contribution in [2.24, 2.45) is 5.10 Å². The van der Waals surface area contributed by atoms with E-state index in [1.54, 1.807) is 79.7 Å². The van der Waals surface area contributed by atoms with Gasteiger partial charge in [-0.15, -0.1) is 0 Å². The Kier molecular flexibility index (Phi) is 8.04. The molecule has 176 valence electrons. The van der Waals surface area contributed by atoms with E-state index < -0.39 is 28.4 Å². The minimum Gasteiger partial charge on any atom is -0.423 e. The Hall–Kier alpha value is -3.69. The minimum atomic E-state index is -3.74. The molecule has 0 fully saturated rings. The van der Waals surface area contributed by atoms with Crippen LogP contribution in [-0.4, -0.2) is 39.3 Å². The number of carbonyl (C=O) groups excluding carboxylic acids is 2. The normalized spacial score (nSPS) is 11.3. The van der Waals surface area contributed by atoms with Gasteiger partial charge >= 0.3 is 5.97 Å². The van der Waals surface area contributed by atoms with Crippen LogP contribution in [0.3, 0.4) is 0 Å². The first-order valence-corrected chi connectivity index (χ1v) is 12.3. The van der Waals surface area contributed by atoms with Crippen LogP contribution in [0.5, 0.6) is 5.75 Å². The lowest BCUT2D eigenvalue weighted by atomic mass is 10.2. The maximum absolute atomic E-state index is 12.3. The van der Waals surface area contributed by atoms with Crippen molar-refractivity contribution in [1.82, 2.24) is 5.43 Å². The van der Waals surface area contributed by atoms with Crippen LogP contribution in [0.25, 0.3) is 0 Å². The molecule has 0 aliphatic carbocycles. The van der Waals surface area contributed by atoms with Gasteiger partial charge in [-0.25, -0.2) is 18.6 Å². The van der Waals surface area contributed by atoms with E-state index in [-0.39, 0.29) is 0 Å². The number of benzene rings is 3. The quantitative estimate of drug-likeness (QED) is 0.220. The van der Waals surface area contributed by atoms with Gasteiger partial charge in [0.15, 0.2) is 0 Å². The lowest BCUT2D eigenvalue weighted by molar-refractivity contribution is -0.119. The highest BCUT2D eigenvalue weighted by molar-refractivity contribution is 7.92. The maximum Gasteiger partial charge on any atom is 0.343 e. The molecule has 0 aliphatic heterocycles. The summed E-state index contributed by atoms with van der Waals surface area (Å²) in [6.45, 7) is 1.21. The van der Waals surface area contributed by atoms with E-state index >= 15 is 0 Å². The highest BCUT2D eigenvalue weighted by Crippen LogP contribution is 2.28. The molecular weight excluding hydrogens is 478 g/mol. The molecule has 0 heterocycles. The Bertz CT molecular complexity index is 1310. The number of sulfonamides is 1. The molecule has 8 nitrogen and oxygen atoms in total. The molecule has 1 N–H and O–H groups in total. The molecule has 34 heavy (non-hydrogen) atoms. The van der Waals surface area contributed by atoms with Crippen LogP contribution in [0.1, 0.15) is 21.5 Å². The zero-order valence-corrected chi connectivity index (χ0v) is 20.0. The van der Waals surface area contributed by atoms with E-state index in [2.05, 4.69) is 10.5 Å². The van der Waals surface area contributed by atoms with Gasteiger partial charge in [-0.05, 0) is 66.6 Å². The van der Waals surface area contributed by atoms with Crippen LogP contribution in [0.4, 0.5) is 5.69 Å². The first kappa shape index (κ1) is 24.9. The van der Waals surface area contributed by atoms with Gasteiger partial charge in [-0.1, -0.05) is 35.9 Å². The molecule has 3 aromatic carbocycles. The molecule has 0 aliphatic rings. The number of hydrogen-bond acceptors (Lipinski definition) is 6. The SMILES string of the molecule is Cc1c(Cl)cccc1N(CC(=O)N/N=C\c1ccc(OC(=O)c2ccccc2)cc1)S(C)(=O)=O. The van der Waals surface area contributed by atoms with E-state index in [0.29, 0.717) is 33.1 Å². The van der Waals surface area contributed by atoms with Crippen molar-refractivity contribution in [2.75, 3.05) is 17.1 Å². The third-order valence-corrected chi connectivity index (χ3v) is 6.23. The number of halogens is 1. The summed E-state index contributed by atoms with van der Waals surface area (Å²) >= 11 is 6.09. The number of carbonyl (C=O) groups is 2. The largest absolute Gasteiger partial charge is 0.423 e. The van der Waals surface area contributed by atoms with Crippen molar-refractivity contribution in [3.63, 3.8) is 0 Å². The molecule has 0 unspecified atom stereocenters. The third kappa shape index (κ3) is 6.66. The van der Waals surface area contributed by atoms with Crippen molar-refractivity contribution in [1.29, 1.82) is 0 Å². The van der Waals surface area contributed by atoms with Gasteiger partial charge in [-0.3, -0.25) is 9.10 Å². The van der Waals surface area contributed by atoms with Gasteiger partial charge in [0.25, 0.3) is 5.91 Å². The number of hydrazone groups is 1. The Labute approximate surface area is 202 Å². The molecule has 3 aromatic rings. The maximum atomic E-state index is 12.3. The zero-order valence-electron chi connectivity index (χ0n) is 18.4. The molecule has 0 atom stereocenters. The van der Waals surface area contributed by atoms with Crippen molar-refractivity contribution >= 4 is 45.4 Å². The van der Waals surface area contributed by atoms with Crippen LogP contribution >= 0.6 is 11.6 Å². The number of nitrogens with zero attached hydrogens (tertiary/aromatic N) is 2. The van der Waals surface area contributed by atoms with Crippen LogP contribution in [0.15, 0.2) is 77.9 Å². The second-order valence-corrected chi connectivity index (χ2v) is 9.59. The highest BCUT2D eigenvalue weighted by Gasteiger charge is 2.23. The lowest BCUT2D eigenvalue weighted by Gasteiger charge is -2.23. The van der Waals surface area contributed by atoms with Gasteiger partial charge in [0.1, 0.15) is 12.3 Å². The summed E-state index contributed by atoms with van der Waals surface area (Å²) < 4.78 is 30.8. The number of esters is 1. The van der Waals surface area contributed by atoms with Crippen molar-refractivity contribution < 1.29 is 22.7 Å². The Morgan fingerprint density at radius 3 is 2.35 bits per heavy atom. The number of ether oxygens (including phenoxy) is 1. The van der Waals surface area contributed by atoms with Gasteiger partial charge in [-0.2, -0.15) is 5.10 Å². The molecule has 0 saturated heterocycles. The highest BCUT2D eigenvalue weighted by atomic mass is 35.5. The second-order valence-electron chi connectivity index (χ2n) is 7.27. The molecule has 0 bridgehead atoms. The predicted molar refractivity (Wildman–Crippen MR) is 132 cm³/mol. The molecule has 0 radical (unpaired) electrons. The average Bonchev–Trinajstić information content (AvgIpc) is 2.80. The summed E-state index contributed by atoms with van der Waals surface area (Å²) in [5.41, 5.74) is 4.23. The summed E-state index contributed by atoms with van der Waals surface area (Å²) in [4.78, 5) is 24.4. The number of nitrogens with one attached hydrogen (secondary N) is 1. The molecule has 1 amide bonds. The summed E-state index contributed by atoms with van der Waals surface area (Å²) in [6, 6.07) is 19.9. The number of anilines is 1. The first-order valence-electron chi connectivity index (χ1n) is 10.1. The van der Waals surface area contributed by atoms with Gasteiger partial charge in [0, 0.05) is 5.02 Å². The van der Waals surface area contributed by atoms with Crippen LogP contribution in [-0.2, 0) is 14.8 Å². The van der Waals surface area contributed by atoms with E-state index in [1.165, 1.54) is 6.21 Å². The average molecular weight is 500 g/mol. The fraction of sp³-hybridized carbons (Fsp3) is 0.125. The van der Waals surface area contributed by atoms with E-state index in [4.69, 9.17) is 16.3 Å². The summed E-state index contributed by atoms with van der Waals surface area (Å²) in [5.74, 6) is -0.746. The number of rotatable bonds is 8. The Morgan fingerprint density at radius 2 is 1.71 bits per heavy atom. The summed E-state index contributed by atoms with van der Waals surface area (Å²) in [5, 5.41) is 4.26. The van der Waals surface area contributed by atoms with Crippen LogP contribution in [0.2, 0.25) is 5.02 Å². The summed E-state index contributed by atoms with van der Waals surface area (Å²) in [6.07, 6.45) is 2.40. The topological polar surface area (TPSA) is 105 Å². The van der Waals surface area contributed by atoms with Crippen molar-refractivity contribution in [3.05, 3.63) is 94.5 Å². The monoisotopic (exact) mass is 499 g/mol. The van der Waals surface area contributed by atoms with Gasteiger partial charge in [0.2, 0.25) is 10.0 Å². The van der Waals surface area contributed by atoms with E-state index in [1.807, 2.05) is 0 Å². The fourth-order valence-electron chi connectivity index (χ4n) is 2.95. The molecule has 10 heteroatoms. The molecule has 0 spiro atoms. The molecule has 0 aromatic heterocycles. The van der Waals surface area contributed by atoms with E-state index in [0.717, 1.165) is 10.6 Å². The van der Waals surface area contributed by atoms with Crippen molar-refractivity contribution in [3.8, 4) is 5.75 Å². The van der Waals surface area contributed by atoms with Gasteiger partial charge < -0.3 is 4.74 Å². The zero-order chi connectivity index (χ0) is 24.7. The fourth-order valence-corrected chi connectivity index (χ4v) is 4.03. The Morgan fingerprint density at radius 1 is 1.03 bits per heavy atom. The smallest absolute Gasteiger partial charge is 0.343 e. The first-order chi connectivity index (χ1) is 16.1. The number of hydrogen-bond donors (Lipinski definition) is 1. The van der Waals surface area contributed by atoms with E-state index in [9.17, 15) is 18.0 Å². The minimum absolute atomic E-state index is 0.315. The number of amides is 1. The predicted octanol–water partition coefficient (Wildman–Crippen LogP) is 3.78. The molecule has 0 saturated carbocycles.